The van der Waals surface area contributed by atoms with Gasteiger partial charge in [-0.2, -0.15) is 4.31 Å². The number of benzene rings is 2. The van der Waals surface area contributed by atoms with Crippen molar-refractivity contribution in [3.05, 3.63) is 57.5 Å². The number of nitrogens with one attached hydrogen (secondary N) is 1. The fourth-order valence-corrected chi connectivity index (χ4v) is 4.40. The molecule has 9 heteroatoms. The molecule has 28 heavy (non-hydrogen) atoms. The van der Waals surface area contributed by atoms with Gasteiger partial charge in [-0.15, -0.1) is 0 Å². The molecule has 0 fully saturated rings. The summed E-state index contributed by atoms with van der Waals surface area (Å²) < 4.78 is 32.7. The van der Waals surface area contributed by atoms with Gasteiger partial charge in [0.2, 0.25) is 15.9 Å². The smallest absolute Gasteiger partial charge is 0.243 e. The van der Waals surface area contributed by atoms with Crippen molar-refractivity contribution in [1.29, 1.82) is 0 Å². The number of likely N-dealkylation sites (N-methyl/N-ethyl adjacent to an activating group) is 1. The van der Waals surface area contributed by atoms with Crippen molar-refractivity contribution in [2.24, 2.45) is 0 Å². The molecule has 6 nitrogen and oxygen atoms in total. The molecule has 1 amide bonds. The van der Waals surface area contributed by atoms with Gasteiger partial charge in [-0.05, 0) is 49.7 Å². The SMILES string of the molecule is CCOc1ccc(S(=O)(=O)N(C)CC(=O)N[C@H](C)c2cccc(Br)c2)cc1Cl. The number of ether oxygens (including phenoxy) is 1. The fourth-order valence-electron chi connectivity index (χ4n) is 2.53. The second kappa shape index (κ2) is 9.73. The lowest BCUT2D eigenvalue weighted by atomic mass is 10.1. The maximum Gasteiger partial charge on any atom is 0.243 e. The molecule has 2 rings (SSSR count). The standard InChI is InChI=1S/C19H22BrClN2O4S/c1-4-27-18-9-8-16(11-17(18)21)28(25,26)23(3)12-19(24)22-13(2)14-6-5-7-15(20)10-14/h5-11,13H,4,12H2,1-3H3,(H,22,24)/t13-/m1/s1. The highest BCUT2D eigenvalue weighted by Crippen LogP contribution is 2.28. The van der Waals surface area contributed by atoms with Gasteiger partial charge in [0.15, 0.2) is 0 Å². The van der Waals surface area contributed by atoms with E-state index in [1.807, 2.05) is 38.1 Å². The molecule has 2 aromatic rings. The molecule has 0 spiro atoms. The average molecular weight is 490 g/mol. The number of sulfonamides is 1. The van der Waals surface area contributed by atoms with E-state index in [1.54, 1.807) is 0 Å². The number of rotatable bonds is 8. The third-order valence-corrected chi connectivity index (χ3v) is 6.59. The number of hydrogen-bond donors (Lipinski definition) is 1. The third kappa shape index (κ3) is 5.70. The highest BCUT2D eigenvalue weighted by atomic mass is 79.9. The first-order valence-corrected chi connectivity index (χ1v) is 11.2. The number of carbonyl (C=O) groups excluding carboxylic acids is 1. The minimum absolute atomic E-state index is 0.00343. The van der Waals surface area contributed by atoms with Crippen LogP contribution >= 0.6 is 27.5 Å². The first-order valence-electron chi connectivity index (χ1n) is 8.58. The summed E-state index contributed by atoms with van der Waals surface area (Å²) in [5.41, 5.74) is 0.909. The van der Waals surface area contributed by atoms with Gasteiger partial charge in [0, 0.05) is 11.5 Å². The number of hydrogen-bond acceptors (Lipinski definition) is 4. The van der Waals surface area contributed by atoms with Crippen molar-refractivity contribution >= 4 is 43.5 Å². The van der Waals surface area contributed by atoms with E-state index in [0.29, 0.717) is 12.4 Å². The second-order valence-corrected chi connectivity index (χ2v) is 9.50. The average Bonchev–Trinajstić information content (AvgIpc) is 2.63. The van der Waals surface area contributed by atoms with Crippen LogP contribution in [0.25, 0.3) is 0 Å². The molecule has 0 saturated heterocycles. The summed E-state index contributed by atoms with van der Waals surface area (Å²) in [5.74, 6) is 0.00180. The number of halogens is 2. The van der Waals surface area contributed by atoms with Crippen molar-refractivity contribution in [2.45, 2.75) is 24.8 Å². The predicted molar refractivity (Wildman–Crippen MR) is 113 cm³/mol. The molecular weight excluding hydrogens is 468 g/mol. The molecule has 0 saturated carbocycles. The van der Waals surface area contributed by atoms with Crippen molar-refractivity contribution in [3.8, 4) is 5.75 Å². The molecule has 2 aromatic carbocycles. The summed E-state index contributed by atoms with van der Waals surface area (Å²) in [6, 6.07) is 11.5. The van der Waals surface area contributed by atoms with Crippen LogP contribution in [0.4, 0.5) is 0 Å². The molecule has 0 unspecified atom stereocenters. The maximum atomic E-state index is 12.7. The minimum atomic E-state index is -3.87. The van der Waals surface area contributed by atoms with Gasteiger partial charge < -0.3 is 10.1 Å². The lowest BCUT2D eigenvalue weighted by molar-refractivity contribution is -0.121. The van der Waals surface area contributed by atoms with Crippen LogP contribution in [0.1, 0.15) is 25.5 Å². The summed E-state index contributed by atoms with van der Waals surface area (Å²) in [4.78, 5) is 12.3. The van der Waals surface area contributed by atoms with Crippen molar-refractivity contribution in [3.63, 3.8) is 0 Å². The van der Waals surface area contributed by atoms with Crippen LogP contribution < -0.4 is 10.1 Å². The maximum absolute atomic E-state index is 12.7. The lowest BCUT2D eigenvalue weighted by Gasteiger charge is -2.20. The Kier molecular flexibility index (Phi) is 7.88. The van der Waals surface area contributed by atoms with Crippen LogP contribution in [0.15, 0.2) is 51.8 Å². The summed E-state index contributed by atoms with van der Waals surface area (Å²) in [5, 5.41) is 3.00. The quantitative estimate of drug-likeness (QED) is 0.608. The van der Waals surface area contributed by atoms with Crippen LogP contribution in [-0.2, 0) is 14.8 Å². The van der Waals surface area contributed by atoms with Gasteiger partial charge in [0.1, 0.15) is 5.75 Å². The Bertz CT molecular complexity index is 953. The third-order valence-electron chi connectivity index (χ3n) is 4.00. The Morgan fingerprint density at radius 1 is 1.29 bits per heavy atom. The molecule has 0 bridgehead atoms. The topological polar surface area (TPSA) is 75.7 Å². The van der Waals surface area contributed by atoms with Crippen LogP contribution in [0.2, 0.25) is 5.02 Å². The van der Waals surface area contributed by atoms with E-state index in [1.165, 1.54) is 25.2 Å². The first kappa shape index (κ1) is 22.7. The zero-order valence-corrected chi connectivity index (χ0v) is 18.9. The van der Waals surface area contributed by atoms with Crippen molar-refractivity contribution in [1.82, 2.24) is 9.62 Å². The van der Waals surface area contributed by atoms with E-state index in [2.05, 4.69) is 21.2 Å². The molecule has 0 aliphatic rings. The first-order chi connectivity index (χ1) is 13.1. The normalized spacial score (nSPS) is 12.6. The van der Waals surface area contributed by atoms with E-state index >= 15 is 0 Å². The molecule has 1 N–H and O–H groups in total. The van der Waals surface area contributed by atoms with Crippen molar-refractivity contribution in [2.75, 3.05) is 20.2 Å². The van der Waals surface area contributed by atoms with Gasteiger partial charge in [-0.3, -0.25) is 4.79 Å². The van der Waals surface area contributed by atoms with Crippen molar-refractivity contribution < 1.29 is 17.9 Å². The highest BCUT2D eigenvalue weighted by Gasteiger charge is 2.24. The van der Waals surface area contributed by atoms with Crippen LogP contribution in [0, 0.1) is 0 Å². The van der Waals surface area contributed by atoms with Crippen LogP contribution in [0.3, 0.4) is 0 Å². The summed E-state index contributed by atoms with van der Waals surface area (Å²) >= 11 is 9.47. The van der Waals surface area contributed by atoms with Crippen LogP contribution in [-0.4, -0.2) is 38.8 Å². The predicted octanol–water partition coefficient (Wildman–Crippen LogP) is 4.00. The molecule has 0 aliphatic heterocycles. The summed E-state index contributed by atoms with van der Waals surface area (Å²) in [6.45, 7) is 3.75. The van der Waals surface area contributed by atoms with E-state index in [-0.39, 0.29) is 22.5 Å². The molecule has 152 valence electrons. The Hall–Kier alpha value is -1.61. The highest BCUT2D eigenvalue weighted by molar-refractivity contribution is 9.10. The van der Waals surface area contributed by atoms with Gasteiger partial charge in [-0.25, -0.2) is 8.42 Å². The molecule has 0 aliphatic carbocycles. The zero-order valence-electron chi connectivity index (χ0n) is 15.8. The Morgan fingerprint density at radius 2 is 2.00 bits per heavy atom. The Morgan fingerprint density at radius 3 is 2.61 bits per heavy atom. The van der Waals surface area contributed by atoms with E-state index in [0.717, 1.165) is 14.3 Å². The molecule has 0 heterocycles. The monoisotopic (exact) mass is 488 g/mol. The van der Waals surface area contributed by atoms with Gasteiger partial charge in [-0.1, -0.05) is 39.7 Å². The fraction of sp³-hybridized carbons (Fsp3) is 0.316. The zero-order chi connectivity index (χ0) is 20.9. The molecular formula is C19H22BrClN2O4S. The molecule has 0 radical (unpaired) electrons. The Labute approximate surface area is 179 Å². The number of carbonyl (C=O) groups is 1. The Balaban J connectivity index is 2.07. The van der Waals surface area contributed by atoms with Crippen LogP contribution in [0.5, 0.6) is 5.75 Å². The van der Waals surface area contributed by atoms with E-state index in [4.69, 9.17) is 16.3 Å². The summed E-state index contributed by atoms with van der Waals surface area (Å²) in [7, 11) is -2.52. The minimum Gasteiger partial charge on any atom is -0.492 e. The lowest BCUT2D eigenvalue weighted by Crippen LogP contribution is -2.39. The second-order valence-electron chi connectivity index (χ2n) is 6.13. The molecule has 1 atom stereocenters. The number of amides is 1. The van der Waals surface area contributed by atoms with Gasteiger partial charge >= 0.3 is 0 Å². The van der Waals surface area contributed by atoms with Gasteiger partial charge in [0.05, 0.1) is 29.1 Å². The number of nitrogens with zero attached hydrogens (tertiary/aromatic N) is 1. The summed E-state index contributed by atoms with van der Waals surface area (Å²) in [6.07, 6.45) is 0. The van der Waals surface area contributed by atoms with E-state index in [9.17, 15) is 13.2 Å². The molecule has 0 aromatic heterocycles. The largest absolute Gasteiger partial charge is 0.492 e. The van der Waals surface area contributed by atoms with E-state index < -0.39 is 15.9 Å². The van der Waals surface area contributed by atoms with Gasteiger partial charge in [0.25, 0.3) is 0 Å².